The zero-order valence-electron chi connectivity index (χ0n) is 13.4. The van der Waals surface area contributed by atoms with Crippen LogP contribution in [0.5, 0.6) is 0 Å². The third-order valence-corrected chi connectivity index (χ3v) is 7.60. The first-order chi connectivity index (χ1) is 11.4. The Morgan fingerprint density at radius 3 is 2.65 bits per heavy atom. The highest BCUT2D eigenvalue weighted by atomic mass is 32.2. The molecule has 0 aromatic carbocycles. The number of rotatable bonds is 1. The zero-order valence-corrected chi connectivity index (χ0v) is 15.0. The van der Waals surface area contributed by atoms with E-state index in [0.29, 0.717) is 0 Å². The van der Waals surface area contributed by atoms with E-state index in [1.165, 1.54) is 66.6 Å². The number of thioether (sulfide) groups is 2. The lowest BCUT2D eigenvalue weighted by atomic mass is 10.1. The Bertz CT molecular complexity index is 785. The minimum Gasteiger partial charge on any atom is -0.181 e. The van der Waals surface area contributed by atoms with Crippen LogP contribution in [0.2, 0.25) is 0 Å². The number of hydrogen-bond donors (Lipinski definition) is 0. The Morgan fingerprint density at radius 1 is 0.826 bits per heavy atom. The first-order valence-electron chi connectivity index (χ1n) is 8.79. The monoisotopic (exact) mass is 342 g/mol. The number of aryl methyl sites for hydroxylation is 1. The largest absolute Gasteiger partial charge is 0.278 e. The predicted molar refractivity (Wildman–Crippen MR) is 95.0 cm³/mol. The molecular formula is C19H22N2S2+2. The molecule has 0 saturated carbocycles. The summed E-state index contributed by atoms with van der Waals surface area (Å²) in [6.45, 7) is 2.35. The molecule has 2 aromatic rings. The van der Waals surface area contributed by atoms with Gasteiger partial charge in [0.25, 0.3) is 11.4 Å². The molecule has 0 radical (unpaired) electrons. The molecule has 3 aliphatic rings. The summed E-state index contributed by atoms with van der Waals surface area (Å²) >= 11 is 4.10. The van der Waals surface area contributed by atoms with Crippen molar-refractivity contribution in [3.8, 4) is 11.4 Å². The third-order valence-electron chi connectivity index (χ3n) is 5.22. The lowest BCUT2D eigenvalue weighted by molar-refractivity contribution is -0.752. The van der Waals surface area contributed by atoms with E-state index >= 15 is 0 Å². The third kappa shape index (κ3) is 2.33. The first-order valence-corrected chi connectivity index (χ1v) is 10.8. The van der Waals surface area contributed by atoms with E-state index in [2.05, 4.69) is 45.2 Å². The fourth-order valence-corrected chi connectivity index (χ4v) is 6.40. The second kappa shape index (κ2) is 5.82. The number of fused-ring (bicyclic) bond motifs is 4. The van der Waals surface area contributed by atoms with Gasteiger partial charge in [-0.2, -0.15) is 9.13 Å². The van der Waals surface area contributed by atoms with Crippen LogP contribution in [0.4, 0.5) is 0 Å². The van der Waals surface area contributed by atoms with Crippen molar-refractivity contribution in [2.45, 2.75) is 55.2 Å². The van der Waals surface area contributed by atoms with Gasteiger partial charge in [-0.3, -0.25) is 0 Å². The molecule has 2 aliphatic heterocycles. The Kier molecular flexibility index (Phi) is 3.63. The fraction of sp³-hybridized carbons (Fsp3) is 0.474. The topological polar surface area (TPSA) is 7.76 Å². The van der Waals surface area contributed by atoms with Crippen molar-refractivity contribution in [1.29, 1.82) is 0 Å². The van der Waals surface area contributed by atoms with E-state index in [1.807, 2.05) is 11.8 Å². The molecule has 5 rings (SSSR count). The van der Waals surface area contributed by atoms with Gasteiger partial charge in [0.1, 0.15) is 0 Å². The maximum atomic E-state index is 2.63. The van der Waals surface area contributed by atoms with Gasteiger partial charge in [0, 0.05) is 48.1 Å². The average molecular weight is 343 g/mol. The van der Waals surface area contributed by atoms with Crippen LogP contribution in [0.25, 0.3) is 11.4 Å². The summed E-state index contributed by atoms with van der Waals surface area (Å²) < 4.78 is 5.18. The summed E-state index contributed by atoms with van der Waals surface area (Å²) in [6.07, 6.45) is 6.47. The van der Waals surface area contributed by atoms with Gasteiger partial charge in [-0.05, 0) is 30.9 Å². The molecule has 23 heavy (non-hydrogen) atoms. The molecule has 2 nitrogen and oxygen atoms in total. The van der Waals surface area contributed by atoms with Crippen LogP contribution in [0.3, 0.4) is 0 Å². The predicted octanol–water partition coefficient (Wildman–Crippen LogP) is 3.41. The van der Waals surface area contributed by atoms with Crippen molar-refractivity contribution >= 4 is 23.5 Å². The molecule has 0 amide bonds. The molecule has 0 fully saturated rings. The van der Waals surface area contributed by atoms with Crippen molar-refractivity contribution in [3.05, 3.63) is 35.4 Å². The molecule has 0 spiro atoms. The standard InChI is InChI=1S/C19H22N2S2/c1-5-14-13-17(21-10-4-12-23-19(21)15(14)6-1)16-7-2-8-18-20(16)9-3-11-22-18/h2,7-8,13H,1,3-6,9-12H2/q+2. The van der Waals surface area contributed by atoms with Gasteiger partial charge in [-0.1, -0.05) is 23.5 Å². The summed E-state index contributed by atoms with van der Waals surface area (Å²) in [5.74, 6) is 2.54. The van der Waals surface area contributed by atoms with Gasteiger partial charge in [0.2, 0.25) is 10.1 Å². The summed E-state index contributed by atoms with van der Waals surface area (Å²) in [6, 6.07) is 9.38. The van der Waals surface area contributed by atoms with Crippen LogP contribution in [0, 0.1) is 0 Å². The summed E-state index contributed by atoms with van der Waals surface area (Å²) in [5.41, 5.74) is 6.15. The van der Waals surface area contributed by atoms with Crippen molar-refractivity contribution in [2.75, 3.05) is 11.5 Å². The van der Waals surface area contributed by atoms with E-state index in [4.69, 9.17) is 0 Å². The molecule has 118 valence electrons. The number of nitrogens with zero attached hydrogens (tertiary/aromatic N) is 2. The van der Waals surface area contributed by atoms with Crippen LogP contribution < -0.4 is 9.13 Å². The van der Waals surface area contributed by atoms with Crippen molar-refractivity contribution < 1.29 is 9.13 Å². The van der Waals surface area contributed by atoms with Crippen LogP contribution in [-0.2, 0) is 25.9 Å². The molecule has 0 saturated heterocycles. The van der Waals surface area contributed by atoms with Crippen molar-refractivity contribution in [2.24, 2.45) is 0 Å². The van der Waals surface area contributed by atoms with Gasteiger partial charge in [-0.25, -0.2) is 0 Å². The summed E-state index contributed by atoms with van der Waals surface area (Å²) in [7, 11) is 0. The molecule has 0 atom stereocenters. The van der Waals surface area contributed by atoms with E-state index in [1.54, 1.807) is 16.2 Å². The molecule has 0 unspecified atom stereocenters. The Morgan fingerprint density at radius 2 is 1.70 bits per heavy atom. The van der Waals surface area contributed by atoms with Gasteiger partial charge in [0.05, 0.1) is 0 Å². The van der Waals surface area contributed by atoms with Crippen LogP contribution in [-0.4, -0.2) is 11.5 Å². The van der Waals surface area contributed by atoms with E-state index in [9.17, 15) is 0 Å². The number of hydrogen-bond acceptors (Lipinski definition) is 2. The Hall–Kier alpha value is -1.00. The highest BCUT2D eigenvalue weighted by Crippen LogP contribution is 2.34. The molecule has 4 heteroatoms. The lowest BCUT2D eigenvalue weighted by Crippen LogP contribution is -2.48. The van der Waals surface area contributed by atoms with Gasteiger partial charge >= 0.3 is 0 Å². The second-order valence-corrected chi connectivity index (χ2v) is 8.85. The first kappa shape index (κ1) is 14.4. The van der Waals surface area contributed by atoms with Crippen LogP contribution in [0.1, 0.15) is 30.4 Å². The minimum absolute atomic E-state index is 1.16. The maximum Gasteiger partial charge on any atom is 0.278 e. The zero-order chi connectivity index (χ0) is 15.2. The normalized spacial score (nSPS) is 19.1. The van der Waals surface area contributed by atoms with Crippen LogP contribution >= 0.6 is 23.5 Å². The minimum atomic E-state index is 1.16. The van der Waals surface area contributed by atoms with Gasteiger partial charge < -0.3 is 0 Å². The lowest BCUT2D eigenvalue weighted by Gasteiger charge is -2.17. The van der Waals surface area contributed by atoms with Gasteiger partial charge in [0.15, 0.2) is 13.1 Å². The Balaban J connectivity index is 1.75. The van der Waals surface area contributed by atoms with Crippen molar-refractivity contribution in [3.63, 3.8) is 0 Å². The van der Waals surface area contributed by atoms with E-state index in [0.717, 1.165) is 6.54 Å². The van der Waals surface area contributed by atoms with Gasteiger partial charge in [-0.15, -0.1) is 0 Å². The molecule has 2 aromatic heterocycles. The molecule has 0 bridgehead atoms. The highest BCUT2D eigenvalue weighted by Gasteiger charge is 2.35. The molecular weight excluding hydrogens is 320 g/mol. The molecule has 0 N–H and O–H groups in total. The number of aromatic nitrogens is 2. The average Bonchev–Trinajstić information content (AvgIpc) is 3.09. The van der Waals surface area contributed by atoms with Crippen LogP contribution in [0.15, 0.2) is 34.3 Å². The summed E-state index contributed by atoms with van der Waals surface area (Å²) in [5, 5.41) is 3.01. The van der Waals surface area contributed by atoms with E-state index < -0.39 is 0 Å². The smallest absolute Gasteiger partial charge is 0.181 e. The fourth-order valence-electron chi connectivity index (χ4n) is 4.18. The molecule has 1 aliphatic carbocycles. The quantitative estimate of drug-likeness (QED) is 0.734. The van der Waals surface area contributed by atoms with E-state index in [-0.39, 0.29) is 0 Å². The number of pyridine rings is 2. The SMILES string of the molecule is c1cc2[n+](c(-c3cc4c(c5[n+]3CCCS5)CCC4)c1)CCCS2. The summed E-state index contributed by atoms with van der Waals surface area (Å²) in [4.78, 5) is 0. The Labute approximate surface area is 146 Å². The maximum absolute atomic E-state index is 2.63. The van der Waals surface area contributed by atoms with Crippen molar-refractivity contribution in [1.82, 2.24) is 0 Å². The molecule has 4 heterocycles. The second-order valence-electron chi connectivity index (χ2n) is 6.65. The highest BCUT2D eigenvalue weighted by molar-refractivity contribution is 7.99.